The maximum absolute atomic E-state index is 13.4. The van der Waals surface area contributed by atoms with Crippen molar-refractivity contribution in [1.29, 1.82) is 0 Å². The molecule has 1 nitrogen and oxygen atoms in total. The van der Waals surface area contributed by atoms with Gasteiger partial charge in [0.05, 0.1) is 0 Å². The molecule has 0 amide bonds. The minimum Gasteiger partial charge on any atom is -0.314 e. The molecule has 2 saturated carbocycles. The highest BCUT2D eigenvalue weighted by Gasteiger charge is 2.29. The Balaban J connectivity index is 1.73. The van der Waals surface area contributed by atoms with Crippen LogP contribution >= 0.6 is 0 Å². The highest BCUT2D eigenvalue weighted by atomic mass is 19.1. The van der Waals surface area contributed by atoms with E-state index in [-0.39, 0.29) is 0 Å². The molecule has 0 saturated heterocycles. The zero-order chi connectivity index (χ0) is 13.2. The van der Waals surface area contributed by atoms with Gasteiger partial charge in [-0.25, -0.2) is 8.78 Å². The van der Waals surface area contributed by atoms with E-state index >= 15 is 0 Å². The molecule has 2 atom stereocenters. The average Bonchev–Trinajstić information content (AvgIpc) is 3.19. The van der Waals surface area contributed by atoms with Crippen LogP contribution in [0.2, 0.25) is 0 Å². The van der Waals surface area contributed by atoms with Crippen LogP contribution in [0.4, 0.5) is 8.78 Å². The Hall–Kier alpha value is -0.960. The van der Waals surface area contributed by atoms with E-state index in [2.05, 4.69) is 5.32 Å². The summed E-state index contributed by atoms with van der Waals surface area (Å²) in [5, 5.41) is 3.57. The molecular weight excluding hydrogens is 244 g/mol. The second-order valence-corrected chi connectivity index (χ2v) is 6.04. The fraction of sp³-hybridized carbons (Fsp3) is 0.625. The first-order chi connectivity index (χ1) is 9.22. The molecule has 104 valence electrons. The highest BCUT2D eigenvalue weighted by Crippen LogP contribution is 2.38. The summed E-state index contributed by atoms with van der Waals surface area (Å²) < 4.78 is 26.8. The van der Waals surface area contributed by atoms with E-state index in [1.165, 1.54) is 44.2 Å². The third kappa shape index (κ3) is 3.33. The van der Waals surface area contributed by atoms with Crippen LogP contribution in [0.1, 0.15) is 50.0 Å². The smallest absolute Gasteiger partial charge is 0.126 e. The Labute approximate surface area is 113 Å². The molecule has 0 radical (unpaired) electrons. The number of benzene rings is 1. The number of nitrogens with one attached hydrogen (secondary N) is 1. The van der Waals surface area contributed by atoms with Gasteiger partial charge in [-0.1, -0.05) is 12.8 Å². The maximum Gasteiger partial charge on any atom is 0.126 e. The van der Waals surface area contributed by atoms with Gasteiger partial charge in [-0.3, -0.25) is 0 Å². The fourth-order valence-electron chi connectivity index (χ4n) is 3.29. The first-order valence-electron chi connectivity index (χ1n) is 7.42. The van der Waals surface area contributed by atoms with Gasteiger partial charge in [0.25, 0.3) is 0 Å². The molecule has 19 heavy (non-hydrogen) atoms. The van der Waals surface area contributed by atoms with Crippen molar-refractivity contribution < 1.29 is 8.78 Å². The molecule has 2 aliphatic carbocycles. The molecule has 0 spiro atoms. The van der Waals surface area contributed by atoms with Gasteiger partial charge in [0.2, 0.25) is 0 Å². The molecule has 1 N–H and O–H groups in total. The van der Waals surface area contributed by atoms with Crippen LogP contribution in [-0.2, 0) is 0 Å². The van der Waals surface area contributed by atoms with E-state index in [0.29, 0.717) is 17.9 Å². The van der Waals surface area contributed by atoms with Crippen LogP contribution in [0.25, 0.3) is 0 Å². The van der Waals surface area contributed by atoms with Crippen molar-refractivity contribution in [2.75, 3.05) is 6.54 Å². The SMILES string of the molecule is Fc1cc(F)cc(C2CCCCC2CNC2CC2)c1. The third-order valence-electron chi connectivity index (χ3n) is 4.47. The molecule has 0 aliphatic heterocycles. The molecule has 2 aliphatic rings. The summed E-state index contributed by atoms with van der Waals surface area (Å²) in [5.41, 5.74) is 0.847. The van der Waals surface area contributed by atoms with E-state index in [1.54, 1.807) is 0 Å². The predicted molar refractivity (Wildman–Crippen MR) is 72.1 cm³/mol. The Bertz CT molecular complexity index is 422. The van der Waals surface area contributed by atoms with E-state index in [1.807, 2.05) is 0 Å². The number of rotatable bonds is 4. The second kappa shape index (κ2) is 5.58. The summed E-state index contributed by atoms with van der Waals surface area (Å²) in [4.78, 5) is 0. The summed E-state index contributed by atoms with van der Waals surface area (Å²) >= 11 is 0. The summed E-state index contributed by atoms with van der Waals surface area (Å²) in [6.45, 7) is 0.994. The first-order valence-corrected chi connectivity index (χ1v) is 7.42. The summed E-state index contributed by atoms with van der Waals surface area (Å²) in [5.74, 6) is -0.0651. The summed E-state index contributed by atoms with van der Waals surface area (Å²) in [6, 6.07) is 4.70. The monoisotopic (exact) mass is 265 g/mol. The van der Waals surface area contributed by atoms with Gasteiger partial charge >= 0.3 is 0 Å². The number of hydrogen-bond donors (Lipinski definition) is 1. The van der Waals surface area contributed by atoms with E-state index < -0.39 is 11.6 Å². The Morgan fingerprint density at radius 2 is 1.63 bits per heavy atom. The molecule has 2 unspecified atom stereocenters. The van der Waals surface area contributed by atoms with Crippen molar-refractivity contribution >= 4 is 0 Å². The zero-order valence-electron chi connectivity index (χ0n) is 11.2. The van der Waals surface area contributed by atoms with Crippen LogP contribution < -0.4 is 5.32 Å². The second-order valence-electron chi connectivity index (χ2n) is 6.04. The standard InChI is InChI=1S/C16H21F2N/c17-13-7-12(8-14(18)9-13)16-4-2-1-3-11(16)10-19-15-5-6-15/h7-9,11,15-16,19H,1-6,10H2. The normalized spacial score (nSPS) is 27.5. The van der Waals surface area contributed by atoms with Gasteiger partial charge in [-0.15, -0.1) is 0 Å². The van der Waals surface area contributed by atoms with E-state index in [0.717, 1.165) is 24.6 Å². The van der Waals surface area contributed by atoms with Crippen LogP contribution in [-0.4, -0.2) is 12.6 Å². The summed E-state index contributed by atoms with van der Waals surface area (Å²) in [7, 11) is 0. The molecule has 1 aromatic rings. The molecule has 0 heterocycles. The van der Waals surface area contributed by atoms with Crippen molar-refractivity contribution in [2.45, 2.75) is 50.5 Å². The number of halogens is 2. The Morgan fingerprint density at radius 3 is 2.32 bits per heavy atom. The minimum absolute atomic E-state index is 0.310. The topological polar surface area (TPSA) is 12.0 Å². The third-order valence-corrected chi connectivity index (χ3v) is 4.47. The van der Waals surface area contributed by atoms with Crippen LogP contribution in [0.15, 0.2) is 18.2 Å². The largest absolute Gasteiger partial charge is 0.314 e. The van der Waals surface area contributed by atoms with Gasteiger partial charge < -0.3 is 5.32 Å². The van der Waals surface area contributed by atoms with Crippen LogP contribution in [0.5, 0.6) is 0 Å². The maximum atomic E-state index is 13.4. The van der Waals surface area contributed by atoms with E-state index in [4.69, 9.17) is 0 Å². The van der Waals surface area contributed by atoms with Gasteiger partial charge in [-0.2, -0.15) is 0 Å². The lowest BCUT2D eigenvalue weighted by Gasteiger charge is -2.32. The molecule has 0 bridgehead atoms. The zero-order valence-corrected chi connectivity index (χ0v) is 11.2. The quantitative estimate of drug-likeness (QED) is 0.868. The molecular formula is C16H21F2N. The van der Waals surface area contributed by atoms with Crippen LogP contribution in [0, 0.1) is 17.6 Å². The van der Waals surface area contributed by atoms with Crippen molar-refractivity contribution in [3.05, 3.63) is 35.4 Å². The molecule has 2 fully saturated rings. The average molecular weight is 265 g/mol. The van der Waals surface area contributed by atoms with E-state index in [9.17, 15) is 8.78 Å². The van der Waals surface area contributed by atoms with Crippen LogP contribution in [0.3, 0.4) is 0 Å². The fourth-order valence-corrected chi connectivity index (χ4v) is 3.29. The lowest BCUT2D eigenvalue weighted by Crippen LogP contribution is -2.30. The Kier molecular flexibility index (Phi) is 3.83. The molecule has 3 heteroatoms. The van der Waals surface area contributed by atoms with Crippen molar-refractivity contribution in [1.82, 2.24) is 5.32 Å². The van der Waals surface area contributed by atoms with Gasteiger partial charge in [0, 0.05) is 12.1 Å². The lowest BCUT2D eigenvalue weighted by molar-refractivity contribution is 0.293. The number of hydrogen-bond acceptors (Lipinski definition) is 1. The van der Waals surface area contributed by atoms with Gasteiger partial charge in [0.15, 0.2) is 0 Å². The molecule has 1 aromatic carbocycles. The highest BCUT2D eigenvalue weighted by molar-refractivity contribution is 5.23. The van der Waals surface area contributed by atoms with Crippen molar-refractivity contribution in [2.24, 2.45) is 5.92 Å². The molecule has 3 rings (SSSR count). The predicted octanol–water partition coefficient (Wildman–Crippen LogP) is 3.99. The van der Waals surface area contributed by atoms with Crippen molar-refractivity contribution in [3.63, 3.8) is 0 Å². The van der Waals surface area contributed by atoms with Crippen molar-refractivity contribution in [3.8, 4) is 0 Å². The first kappa shape index (κ1) is 13.0. The van der Waals surface area contributed by atoms with Gasteiger partial charge in [-0.05, 0) is 61.8 Å². The Morgan fingerprint density at radius 1 is 0.947 bits per heavy atom. The minimum atomic E-state index is -0.450. The van der Waals surface area contributed by atoms with Gasteiger partial charge in [0.1, 0.15) is 11.6 Å². The lowest BCUT2D eigenvalue weighted by atomic mass is 9.75. The summed E-state index contributed by atoms with van der Waals surface area (Å²) in [6.07, 6.45) is 7.20. The molecule has 0 aromatic heterocycles.